The summed E-state index contributed by atoms with van der Waals surface area (Å²) in [5.74, 6) is -3.66. The lowest BCUT2D eigenvalue weighted by Crippen LogP contribution is -2.58. The van der Waals surface area contributed by atoms with E-state index in [-0.39, 0.29) is 24.3 Å². The third kappa shape index (κ3) is 8.57. The number of thiol groups is 1. The number of rotatable bonds is 13. The summed E-state index contributed by atoms with van der Waals surface area (Å²) >= 11 is 4.14. The van der Waals surface area contributed by atoms with Crippen LogP contribution in [-0.4, -0.2) is 73.8 Å². The zero-order valence-corrected chi connectivity index (χ0v) is 20.9. The van der Waals surface area contributed by atoms with Gasteiger partial charge in [0.05, 0.1) is 12.4 Å². The molecular weight excluding hydrogens is 488 g/mol. The normalized spacial score (nSPS) is 14.4. The summed E-state index contributed by atoms with van der Waals surface area (Å²) in [5, 5.41) is 26.5. The van der Waals surface area contributed by atoms with E-state index in [4.69, 9.17) is 5.73 Å². The number of amides is 3. The minimum absolute atomic E-state index is 0.00879. The number of aliphatic carboxylic acids is 1. The van der Waals surface area contributed by atoms with Crippen molar-refractivity contribution in [2.75, 3.05) is 5.75 Å². The molecule has 2 aromatic rings. The molecule has 0 radical (unpaired) electrons. The number of aromatic nitrogens is 2. The van der Waals surface area contributed by atoms with Gasteiger partial charge < -0.3 is 36.9 Å². The molecule has 8 N–H and O–H groups in total. The average molecular weight is 521 g/mol. The first-order valence-electron chi connectivity index (χ1n) is 11.3. The molecule has 3 amide bonds. The minimum Gasteiger partial charge on any atom is -0.508 e. The van der Waals surface area contributed by atoms with Gasteiger partial charge in [0.1, 0.15) is 23.9 Å². The third-order valence-electron chi connectivity index (χ3n) is 5.39. The number of H-pyrrole nitrogens is 1. The maximum atomic E-state index is 13.0. The Balaban J connectivity index is 2.14. The van der Waals surface area contributed by atoms with Crippen molar-refractivity contribution in [3.8, 4) is 5.75 Å². The second-order valence-electron chi connectivity index (χ2n) is 8.63. The fourth-order valence-corrected chi connectivity index (χ4v) is 3.57. The van der Waals surface area contributed by atoms with Gasteiger partial charge in [-0.25, -0.2) is 9.78 Å². The highest BCUT2D eigenvalue weighted by atomic mass is 32.1. The number of benzene rings is 1. The second kappa shape index (κ2) is 13.5. The van der Waals surface area contributed by atoms with Crippen LogP contribution in [0.25, 0.3) is 0 Å². The van der Waals surface area contributed by atoms with Gasteiger partial charge in [0.25, 0.3) is 0 Å². The molecule has 196 valence electrons. The van der Waals surface area contributed by atoms with Crippen molar-refractivity contribution in [2.45, 2.75) is 50.9 Å². The number of carboxylic acid groups (broad SMARTS) is 1. The molecule has 1 aromatic heterocycles. The van der Waals surface area contributed by atoms with Gasteiger partial charge in [-0.15, -0.1) is 0 Å². The van der Waals surface area contributed by atoms with Gasteiger partial charge in [0.2, 0.25) is 17.7 Å². The summed E-state index contributed by atoms with van der Waals surface area (Å²) < 4.78 is 0. The lowest BCUT2D eigenvalue weighted by molar-refractivity contribution is -0.143. The van der Waals surface area contributed by atoms with Gasteiger partial charge in [0.15, 0.2) is 0 Å². The first kappa shape index (κ1) is 28.7. The zero-order valence-electron chi connectivity index (χ0n) is 20.0. The molecule has 0 saturated carbocycles. The molecule has 0 aliphatic heterocycles. The van der Waals surface area contributed by atoms with Crippen molar-refractivity contribution < 1.29 is 29.4 Å². The highest BCUT2D eigenvalue weighted by Crippen LogP contribution is 2.12. The summed E-state index contributed by atoms with van der Waals surface area (Å²) in [6.07, 6.45) is 3.17. The Bertz CT molecular complexity index is 1030. The highest BCUT2D eigenvalue weighted by molar-refractivity contribution is 7.80. The lowest BCUT2D eigenvalue weighted by atomic mass is 10.0. The van der Waals surface area contributed by atoms with Gasteiger partial charge in [-0.1, -0.05) is 26.0 Å². The number of phenolic OH excluding ortho intramolecular Hbond substituents is 1. The Labute approximate surface area is 213 Å². The van der Waals surface area contributed by atoms with Crippen LogP contribution in [0.1, 0.15) is 25.1 Å². The number of carbonyl (C=O) groups is 4. The smallest absolute Gasteiger partial charge is 0.326 e. The standard InChI is InChI=1S/C23H32N6O6S/c1-12(2)19(23(34)35)29-21(32)17(7-13-3-5-15(30)6-4-13)27-22(33)18(10-36)28-20(31)16(24)8-14-9-25-11-26-14/h3-6,9,11-12,16-19,30,36H,7-8,10,24H2,1-2H3,(H,25,26)(H,27,33)(H,28,31)(H,29,32)(H,34,35). The van der Waals surface area contributed by atoms with E-state index >= 15 is 0 Å². The van der Waals surface area contributed by atoms with Crippen molar-refractivity contribution >= 4 is 36.3 Å². The number of aromatic amines is 1. The first-order chi connectivity index (χ1) is 17.0. The van der Waals surface area contributed by atoms with Crippen molar-refractivity contribution in [2.24, 2.45) is 11.7 Å². The van der Waals surface area contributed by atoms with E-state index in [2.05, 4.69) is 38.5 Å². The summed E-state index contributed by atoms with van der Waals surface area (Å²) in [7, 11) is 0. The van der Waals surface area contributed by atoms with Gasteiger partial charge >= 0.3 is 5.97 Å². The van der Waals surface area contributed by atoms with Crippen LogP contribution in [0.5, 0.6) is 5.75 Å². The van der Waals surface area contributed by atoms with Crippen molar-refractivity contribution in [3.63, 3.8) is 0 Å². The van der Waals surface area contributed by atoms with E-state index < -0.39 is 53.8 Å². The minimum atomic E-state index is -1.21. The van der Waals surface area contributed by atoms with Crippen LogP contribution in [0, 0.1) is 5.92 Å². The number of carbonyl (C=O) groups excluding carboxylic acids is 3. The molecule has 36 heavy (non-hydrogen) atoms. The zero-order chi connectivity index (χ0) is 26.8. The monoisotopic (exact) mass is 520 g/mol. The number of phenols is 1. The van der Waals surface area contributed by atoms with Crippen LogP contribution in [0.3, 0.4) is 0 Å². The second-order valence-corrected chi connectivity index (χ2v) is 9.00. The van der Waals surface area contributed by atoms with Crippen LogP contribution in [0.15, 0.2) is 36.8 Å². The quantitative estimate of drug-likeness (QED) is 0.159. The van der Waals surface area contributed by atoms with Crippen molar-refractivity contribution in [3.05, 3.63) is 48.0 Å². The molecule has 4 unspecified atom stereocenters. The van der Waals surface area contributed by atoms with Crippen LogP contribution in [0.2, 0.25) is 0 Å². The molecular formula is C23H32N6O6S. The number of nitrogens with two attached hydrogens (primary N) is 1. The Morgan fingerprint density at radius 1 is 1.00 bits per heavy atom. The summed E-state index contributed by atoms with van der Waals surface area (Å²) in [4.78, 5) is 56.8. The fraction of sp³-hybridized carbons (Fsp3) is 0.435. The number of hydrogen-bond donors (Lipinski definition) is 8. The number of aromatic hydroxyl groups is 1. The van der Waals surface area contributed by atoms with E-state index in [0.717, 1.165) is 0 Å². The molecule has 0 spiro atoms. The van der Waals surface area contributed by atoms with Crippen molar-refractivity contribution in [1.29, 1.82) is 0 Å². The lowest BCUT2D eigenvalue weighted by Gasteiger charge is -2.25. The van der Waals surface area contributed by atoms with Crippen LogP contribution in [-0.2, 0) is 32.0 Å². The summed E-state index contributed by atoms with van der Waals surface area (Å²) in [6.45, 7) is 3.29. The summed E-state index contributed by atoms with van der Waals surface area (Å²) in [5.41, 5.74) is 7.19. The molecule has 1 aromatic carbocycles. The molecule has 12 nitrogen and oxygen atoms in total. The molecule has 0 aliphatic rings. The molecule has 13 heteroatoms. The predicted molar refractivity (Wildman–Crippen MR) is 134 cm³/mol. The van der Waals surface area contributed by atoms with Crippen LogP contribution >= 0.6 is 12.6 Å². The number of nitrogens with one attached hydrogen (secondary N) is 4. The van der Waals surface area contributed by atoms with Gasteiger partial charge in [-0.05, 0) is 23.6 Å². The van der Waals surface area contributed by atoms with E-state index in [9.17, 15) is 29.4 Å². The molecule has 1 heterocycles. The topological polar surface area (TPSA) is 200 Å². The Hall–Kier alpha value is -3.58. The number of carboxylic acids is 1. The molecule has 0 saturated heterocycles. The largest absolute Gasteiger partial charge is 0.508 e. The van der Waals surface area contributed by atoms with Gasteiger partial charge in [-0.2, -0.15) is 12.6 Å². The van der Waals surface area contributed by atoms with Crippen LogP contribution < -0.4 is 21.7 Å². The SMILES string of the molecule is CC(C)C(NC(=O)C(Cc1ccc(O)cc1)NC(=O)C(CS)NC(=O)C(N)Cc1cnc[nH]1)C(=O)O. The maximum absolute atomic E-state index is 13.0. The summed E-state index contributed by atoms with van der Waals surface area (Å²) in [6, 6.07) is 1.61. The molecule has 4 atom stereocenters. The van der Waals surface area contributed by atoms with E-state index in [0.29, 0.717) is 11.3 Å². The molecule has 0 aliphatic carbocycles. The van der Waals surface area contributed by atoms with Crippen LogP contribution in [0.4, 0.5) is 0 Å². The maximum Gasteiger partial charge on any atom is 0.326 e. The van der Waals surface area contributed by atoms with E-state index in [1.54, 1.807) is 26.0 Å². The fourth-order valence-electron chi connectivity index (χ4n) is 3.32. The first-order valence-corrected chi connectivity index (χ1v) is 11.9. The van der Waals surface area contributed by atoms with E-state index in [1.165, 1.54) is 24.7 Å². The molecule has 0 bridgehead atoms. The third-order valence-corrected chi connectivity index (χ3v) is 5.75. The van der Waals surface area contributed by atoms with Crippen molar-refractivity contribution in [1.82, 2.24) is 25.9 Å². The number of hydrogen-bond acceptors (Lipinski definition) is 8. The highest BCUT2D eigenvalue weighted by Gasteiger charge is 2.31. The Morgan fingerprint density at radius 3 is 2.14 bits per heavy atom. The Kier molecular flexibility index (Phi) is 10.7. The predicted octanol–water partition coefficient (Wildman–Crippen LogP) is -0.647. The van der Waals surface area contributed by atoms with Gasteiger partial charge in [0, 0.05) is 30.5 Å². The Morgan fingerprint density at radius 2 is 1.61 bits per heavy atom. The van der Waals surface area contributed by atoms with E-state index in [1.807, 2.05) is 0 Å². The number of imidazole rings is 1. The average Bonchev–Trinajstić information content (AvgIpc) is 3.33. The number of nitrogens with zero attached hydrogens (tertiary/aromatic N) is 1. The molecule has 0 fully saturated rings. The van der Waals surface area contributed by atoms with Gasteiger partial charge in [-0.3, -0.25) is 14.4 Å². The molecule has 2 rings (SSSR count).